The molecular weight excluding hydrogens is 258 g/mol. The highest BCUT2D eigenvalue weighted by Gasteiger charge is 2.49. The van der Waals surface area contributed by atoms with E-state index in [9.17, 15) is 18.7 Å². The molecule has 6 heteroatoms. The van der Waals surface area contributed by atoms with Crippen molar-refractivity contribution in [3.8, 4) is 5.75 Å². The molecule has 1 aliphatic rings. The molecule has 0 aliphatic carbocycles. The minimum Gasteiger partial charge on any atom is -0.487 e. The van der Waals surface area contributed by atoms with E-state index in [4.69, 9.17) is 9.84 Å². The van der Waals surface area contributed by atoms with E-state index in [0.717, 1.165) is 0 Å². The monoisotopic (exact) mass is 272 g/mol. The lowest BCUT2D eigenvalue weighted by atomic mass is 9.97. The number of fused-ring (bicyclic) bond motifs is 1. The molecule has 1 aliphatic heterocycles. The topological polar surface area (TPSA) is 66.8 Å². The first-order valence-corrected chi connectivity index (χ1v) is 5.75. The molecule has 0 saturated heterocycles. The van der Waals surface area contributed by atoms with Gasteiger partial charge in [0.2, 0.25) is 0 Å². The van der Waals surface area contributed by atoms with Crippen LogP contribution in [0.5, 0.6) is 5.75 Å². The average Bonchev–Trinajstić information content (AvgIpc) is 2.61. The van der Waals surface area contributed by atoms with E-state index in [0.29, 0.717) is 12.0 Å². The van der Waals surface area contributed by atoms with Crippen LogP contribution in [-0.2, 0) is 11.2 Å². The molecule has 1 unspecified atom stereocenters. The molecule has 0 aromatic heterocycles. The number of aliphatic carboxylic acids is 1. The maximum Gasteiger partial charge on any atom is 0.377 e. The Kier molecular flexibility index (Phi) is 3.01. The van der Waals surface area contributed by atoms with E-state index < -0.39 is 23.6 Å². The van der Waals surface area contributed by atoms with E-state index in [1.807, 2.05) is 0 Å². The lowest BCUT2D eigenvalue weighted by Crippen LogP contribution is -2.35. The Morgan fingerprint density at radius 1 is 1.47 bits per heavy atom. The number of aliphatic hydroxyl groups is 1. The van der Waals surface area contributed by atoms with Crippen molar-refractivity contribution in [2.45, 2.75) is 37.9 Å². The van der Waals surface area contributed by atoms with Gasteiger partial charge in [-0.25, -0.2) is 4.79 Å². The Morgan fingerprint density at radius 2 is 2.11 bits per heavy atom. The number of benzene rings is 1. The minimum absolute atomic E-state index is 0.154. The Labute approximate surface area is 108 Å². The van der Waals surface area contributed by atoms with E-state index in [1.54, 1.807) is 19.9 Å². The number of carbonyl (C=O) groups is 1. The highest BCUT2D eigenvalue weighted by atomic mass is 19.3. The quantitative estimate of drug-likeness (QED) is 0.884. The summed E-state index contributed by atoms with van der Waals surface area (Å²) in [5, 5.41) is 18.1. The summed E-state index contributed by atoms with van der Waals surface area (Å²) >= 11 is 0. The molecule has 1 aromatic carbocycles. The zero-order valence-corrected chi connectivity index (χ0v) is 10.5. The maximum absolute atomic E-state index is 13.4. The number of rotatable bonds is 3. The second kappa shape index (κ2) is 4.16. The fourth-order valence-corrected chi connectivity index (χ4v) is 2.17. The zero-order valence-electron chi connectivity index (χ0n) is 10.5. The third-order valence-corrected chi connectivity index (χ3v) is 3.04. The van der Waals surface area contributed by atoms with Gasteiger partial charge < -0.3 is 14.9 Å². The molecule has 2 N–H and O–H groups in total. The van der Waals surface area contributed by atoms with Crippen molar-refractivity contribution in [3.05, 3.63) is 29.3 Å². The molecule has 0 radical (unpaired) electrons. The van der Waals surface area contributed by atoms with E-state index in [1.165, 1.54) is 12.1 Å². The summed E-state index contributed by atoms with van der Waals surface area (Å²) in [5.41, 5.74) is -0.0744. The van der Waals surface area contributed by atoms with Crippen molar-refractivity contribution in [2.24, 2.45) is 0 Å². The Bertz CT molecular complexity index is 525. The van der Waals surface area contributed by atoms with Crippen molar-refractivity contribution in [1.29, 1.82) is 0 Å². The van der Waals surface area contributed by atoms with Gasteiger partial charge in [0.15, 0.2) is 6.10 Å². The first-order chi connectivity index (χ1) is 8.65. The number of aliphatic hydroxyl groups excluding tert-OH is 1. The normalized spacial score (nSPS) is 18.6. The standard InChI is InChI=1S/C13H14F2O4/c1-12(2)6-7-4-3-5-8(9(7)19-12)10(16)13(14,15)11(17)18/h3-5,10,16H,6H2,1-2H3,(H,17,18). The van der Waals surface area contributed by atoms with Gasteiger partial charge >= 0.3 is 11.9 Å². The summed E-state index contributed by atoms with van der Waals surface area (Å²) in [6.45, 7) is 3.58. The van der Waals surface area contributed by atoms with Crippen LogP contribution in [0.1, 0.15) is 31.1 Å². The van der Waals surface area contributed by atoms with Crippen LogP contribution in [-0.4, -0.2) is 27.7 Å². The number of carboxylic acids is 1. The van der Waals surface area contributed by atoms with Crippen LogP contribution < -0.4 is 4.74 Å². The van der Waals surface area contributed by atoms with Crippen molar-refractivity contribution < 1.29 is 28.5 Å². The summed E-state index contributed by atoms with van der Waals surface area (Å²) in [5.74, 6) is -6.47. The highest BCUT2D eigenvalue weighted by Crippen LogP contribution is 2.43. The Hall–Kier alpha value is -1.69. The predicted octanol–water partition coefficient (Wildman–Crippen LogP) is 2.15. The van der Waals surface area contributed by atoms with E-state index >= 15 is 0 Å². The molecule has 0 bridgehead atoms. The SMILES string of the molecule is CC1(C)Cc2cccc(C(O)C(F)(F)C(=O)O)c2O1. The van der Waals surface area contributed by atoms with Crippen LogP contribution in [0, 0.1) is 0 Å². The van der Waals surface area contributed by atoms with Crippen molar-refractivity contribution in [2.75, 3.05) is 0 Å². The number of hydrogen-bond donors (Lipinski definition) is 2. The summed E-state index contributed by atoms with van der Waals surface area (Å²) in [6.07, 6.45) is -1.92. The molecule has 4 nitrogen and oxygen atoms in total. The lowest BCUT2D eigenvalue weighted by Gasteiger charge is -2.22. The number of hydrogen-bond acceptors (Lipinski definition) is 3. The van der Waals surface area contributed by atoms with Gasteiger partial charge in [-0.2, -0.15) is 8.78 Å². The van der Waals surface area contributed by atoms with Crippen LogP contribution in [0.15, 0.2) is 18.2 Å². The summed E-state index contributed by atoms with van der Waals surface area (Å²) in [6, 6.07) is 4.46. The highest BCUT2D eigenvalue weighted by molar-refractivity contribution is 5.76. The average molecular weight is 272 g/mol. The summed E-state index contributed by atoms with van der Waals surface area (Å²) in [7, 11) is 0. The zero-order chi connectivity index (χ0) is 14.4. The second-order valence-electron chi connectivity index (χ2n) is 5.20. The van der Waals surface area contributed by atoms with Gasteiger partial charge in [0.25, 0.3) is 0 Å². The molecular formula is C13H14F2O4. The lowest BCUT2D eigenvalue weighted by molar-refractivity contribution is -0.183. The fourth-order valence-electron chi connectivity index (χ4n) is 2.17. The minimum atomic E-state index is -4.26. The number of alkyl halides is 2. The number of carboxylic acid groups (broad SMARTS) is 1. The molecule has 1 aromatic rings. The number of para-hydroxylation sites is 1. The van der Waals surface area contributed by atoms with Crippen molar-refractivity contribution in [3.63, 3.8) is 0 Å². The molecule has 0 saturated carbocycles. The molecule has 0 fully saturated rings. The molecule has 19 heavy (non-hydrogen) atoms. The number of ether oxygens (including phenoxy) is 1. The van der Waals surface area contributed by atoms with E-state index in [2.05, 4.69) is 0 Å². The van der Waals surface area contributed by atoms with Gasteiger partial charge in [0, 0.05) is 12.0 Å². The fraction of sp³-hybridized carbons (Fsp3) is 0.462. The van der Waals surface area contributed by atoms with Crippen molar-refractivity contribution >= 4 is 5.97 Å². The van der Waals surface area contributed by atoms with Gasteiger partial charge in [0.1, 0.15) is 11.4 Å². The van der Waals surface area contributed by atoms with Gasteiger partial charge in [0.05, 0.1) is 0 Å². The first-order valence-electron chi connectivity index (χ1n) is 5.75. The molecule has 104 valence electrons. The van der Waals surface area contributed by atoms with Crippen LogP contribution in [0.3, 0.4) is 0 Å². The number of halogens is 2. The predicted molar refractivity (Wildman–Crippen MR) is 62.4 cm³/mol. The third kappa shape index (κ3) is 2.28. The van der Waals surface area contributed by atoms with Gasteiger partial charge in [-0.1, -0.05) is 18.2 Å². The molecule has 1 atom stereocenters. The summed E-state index contributed by atoms with van der Waals surface area (Å²) < 4.78 is 32.3. The van der Waals surface area contributed by atoms with Crippen LogP contribution in [0.2, 0.25) is 0 Å². The largest absolute Gasteiger partial charge is 0.487 e. The van der Waals surface area contributed by atoms with Crippen LogP contribution in [0.25, 0.3) is 0 Å². The molecule has 0 amide bonds. The molecule has 1 heterocycles. The smallest absolute Gasteiger partial charge is 0.377 e. The molecule has 0 spiro atoms. The van der Waals surface area contributed by atoms with Gasteiger partial charge in [-0.05, 0) is 19.4 Å². The van der Waals surface area contributed by atoms with Crippen LogP contribution in [0.4, 0.5) is 8.78 Å². The second-order valence-corrected chi connectivity index (χ2v) is 5.20. The maximum atomic E-state index is 13.4. The molecule has 2 rings (SSSR count). The van der Waals surface area contributed by atoms with Gasteiger partial charge in [-0.15, -0.1) is 0 Å². The van der Waals surface area contributed by atoms with Crippen LogP contribution >= 0.6 is 0 Å². The third-order valence-electron chi connectivity index (χ3n) is 3.04. The van der Waals surface area contributed by atoms with Crippen molar-refractivity contribution in [1.82, 2.24) is 0 Å². The summed E-state index contributed by atoms with van der Waals surface area (Å²) in [4.78, 5) is 10.5. The Balaban J connectivity index is 2.44. The van der Waals surface area contributed by atoms with Gasteiger partial charge in [-0.3, -0.25) is 0 Å². The van der Waals surface area contributed by atoms with E-state index in [-0.39, 0.29) is 11.3 Å². The first kappa shape index (κ1) is 13.7. The Morgan fingerprint density at radius 3 is 2.68 bits per heavy atom.